The number of nitriles is 1. The summed E-state index contributed by atoms with van der Waals surface area (Å²) in [6.45, 7) is 2.10. The van der Waals surface area contributed by atoms with Crippen molar-refractivity contribution in [3.05, 3.63) is 34.9 Å². The summed E-state index contributed by atoms with van der Waals surface area (Å²) in [5.41, 5.74) is 1.88. The molecule has 2 rings (SSSR count). The SMILES string of the molecule is Cc1cc(C#N)ccc1C(=O)NCC(O)C1CCCC1. The first kappa shape index (κ1) is 14.5. The third kappa shape index (κ3) is 3.37. The third-order valence-corrected chi connectivity index (χ3v) is 4.02. The molecule has 4 nitrogen and oxygen atoms in total. The lowest BCUT2D eigenvalue weighted by Crippen LogP contribution is -2.35. The zero-order valence-corrected chi connectivity index (χ0v) is 11.7. The first-order valence-corrected chi connectivity index (χ1v) is 7.09. The van der Waals surface area contributed by atoms with Crippen molar-refractivity contribution in [1.29, 1.82) is 5.26 Å². The number of aliphatic hydroxyl groups is 1. The highest BCUT2D eigenvalue weighted by Gasteiger charge is 2.23. The number of amides is 1. The number of hydrogen-bond donors (Lipinski definition) is 2. The Morgan fingerprint density at radius 1 is 1.50 bits per heavy atom. The standard InChI is InChI=1S/C16H20N2O2/c1-11-8-12(9-17)6-7-14(11)16(20)18-10-15(19)13-4-2-3-5-13/h6-8,13,15,19H,2-5,10H2,1H3,(H,18,20). The summed E-state index contributed by atoms with van der Waals surface area (Å²) >= 11 is 0. The molecule has 106 valence electrons. The third-order valence-electron chi connectivity index (χ3n) is 4.02. The van der Waals surface area contributed by atoms with Crippen LogP contribution in [-0.2, 0) is 0 Å². The molecule has 1 unspecified atom stereocenters. The number of benzene rings is 1. The molecule has 0 radical (unpaired) electrons. The number of nitrogens with zero attached hydrogens (tertiary/aromatic N) is 1. The van der Waals surface area contributed by atoms with Crippen LogP contribution < -0.4 is 5.32 Å². The van der Waals surface area contributed by atoms with Crippen LogP contribution in [0.25, 0.3) is 0 Å². The Morgan fingerprint density at radius 3 is 2.80 bits per heavy atom. The molecule has 1 aliphatic rings. The molecular formula is C16H20N2O2. The van der Waals surface area contributed by atoms with E-state index in [2.05, 4.69) is 5.32 Å². The van der Waals surface area contributed by atoms with Crippen LogP contribution >= 0.6 is 0 Å². The topological polar surface area (TPSA) is 73.1 Å². The van der Waals surface area contributed by atoms with E-state index in [0.717, 1.165) is 18.4 Å². The minimum atomic E-state index is -0.458. The van der Waals surface area contributed by atoms with Gasteiger partial charge in [0.25, 0.3) is 5.91 Å². The van der Waals surface area contributed by atoms with E-state index in [4.69, 9.17) is 5.26 Å². The van der Waals surface area contributed by atoms with E-state index in [1.165, 1.54) is 12.8 Å². The Kier molecular flexibility index (Phi) is 4.75. The smallest absolute Gasteiger partial charge is 0.251 e. The molecule has 1 saturated carbocycles. The molecule has 2 N–H and O–H groups in total. The maximum Gasteiger partial charge on any atom is 0.251 e. The maximum atomic E-state index is 12.1. The molecule has 1 fully saturated rings. The van der Waals surface area contributed by atoms with E-state index in [9.17, 15) is 9.90 Å². The molecular weight excluding hydrogens is 252 g/mol. The van der Waals surface area contributed by atoms with Gasteiger partial charge in [-0.1, -0.05) is 12.8 Å². The van der Waals surface area contributed by atoms with Crippen molar-refractivity contribution in [2.24, 2.45) is 5.92 Å². The van der Waals surface area contributed by atoms with Gasteiger partial charge in [0.1, 0.15) is 0 Å². The van der Waals surface area contributed by atoms with Gasteiger partial charge >= 0.3 is 0 Å². The number of hydrogen-bond acceptors (Lipinski definition) is 3. The first-order chi connectivity index (χ1) is 9.61. The van der Waals surface area contributed by atoms with Crippen LogP contribution in [0.2, 0.25) is 0 Å². The Bertz CT molecular complexity index is 528. The minimum absolute atomic E-state index is 0.191. The molecule has 0 aromatic heterocycles. The number of aryl methyl sites for hydroxylation is 1. The van der Waals surface area contributed by atoms with Crippen molar-refractivity contribution in [3.8, 4) is 6.07 Å². The molecule has 1 aromatic rings. The second kappa shape index (κ2) is 6.53. The molecule has 0 aliphatic heterocycles. The summed E-state index contributed by atoms with van der Waals surface area (Å²) in [4.78, 5) is 12.1. The summed E-state index contributed by atoms with van der Waals surface area (Å²) < 4.78 is 0. The Hall–Kier alpha value is -1.86. The molecule has 1 aromatic carbocycles. The Balaban J connectivity index is 1.93. The minimum Gasteiger partial charge on any atom is -0.391 e. The summed E-state index contributed by atoms with van der Waals surface area (Å²) in [5, 5.41) is 21.6. The average molecular weight is 272 g/mol. The second-order valence-corrected chi connectivity index (χ2v) is 5.46. The molecule has 1 amide bonds. The molecule has 1 aliphatic carbocycles. The van der Waals surface area contributed by atoms with Crippen molar-refractivity contribution >= 4 is 5.91 Å². The van der Waals surface area contributed by atoms with Gasteiger partial charge in [0, 0.05) is 12.1 Å². The van der Waals surface area contributed by atoms with Crippen molar-refractivity contribution in [1.82, 2.24) is 5.32 Å². The van der Waals surface area contributed by atoms with Crippen molar-refractivity contribution in [2.75, 3.05) is 6.54 Å². The number of nitrogens with one attached hydrogen (secondary N) is 1. The average Bonchev–Trinajstić information content (AvgIpc) is 2.98. The molecule has 20 heavy (non-hydrogen) atoms. The molecule has 1 atom stereocenters. The van der Waals surface area contributed by atoms with Gasteiger partial charge in [0.2, 0.25) is 0 Å². The van der Waals surface area contributed by atoms with E-state index in [1.807, 2.05) is 13.0 Å². The van der Waals surface area contributed by atoms with Gasteiger partial charge in [0.15, 0.2) is 0 Å². The fraction of sp³-hybridized carbons (Fsp3) is 0.500. The van der Waals surface area contributed by atoms with Crippen LogP contribution in [0.5, 0.6) is 0 Å². The Morgan fingerprint density at radius 2 is 2.20 bits per heavy atom. The van der Waals surface area contributed by atoms with Crippen LogP contribution in [0.15, 0.2) is 18.2 Å². The van der Waals surface area contributed by atoms with Gasteiger partial charge in [-0.15, -0.1) is 0 Å². The summed E-state index contributed by atoms with van der Waals surface area (Å²) in [6, 6.07) is 7.04. The van der Waals surface area contributed by atoms with E-state index in [1.54, 1.807) is 18.2 Å². The Labute approximate surface area is 119 Å². The highest BCUT2D eigenvalue weighted by Crippen LogP contribution is 2.27. The summed E-state index contributed by atoms with van der Waals surface area (Å²) in [5.74, 6) is 0.126. The zero-order chi connectivity index (χ0) is 14.5. The van der Waals surface area contributed by atoms with Gasteiger partial charge in [-0.2, -0.15) is 5.26 Å². The van der Waals surface area contributed by atoms with E-state index in [-0.39, 0.29) is 5.91 Å². The summed E-state index contributed by atoms with van der Waals surface area (Å²) in [7, 11) is 0. The van der Waals surface area contributed by atoms with E-state index >= 15 is 0 Å². The number of aliphatic hydroxyl groups excluding tert-OH is 1. The summed E-state index contributed by atoms with van der Waals surface area (Å²) in [6.07, 6.45) is 3.98. The van der Waals surface area contributed by atoms with E-state index < -0.39 is 6.10 Å². The van der Waals surface area contributed by atoms with Crippen LogP contribution in [0.3, 0.4) is 0 Å². The van der Waals surface area contributed by atoms with E-state index in [0.29, 0.717) is 23.6 Å². The quantitative estimate of drug-likeness (QED) is 0.882. The van der Waals surface area contributed by atoms with Gasteiger partial charge in [-0.05, 0) is 49.4 Å². The van der Waals surface area contributed by atoms with Crippen molar-refractivity contribution in [3.63, 3.8) is 0 Å². The number of rotatable bonds is 4. The molecule has 0 saturated heterocycles. The molecule has 0 bridgehead atoms. The van der Waals surface area contributed by atoms with Crippen LogP contribution in [0.1, 0.15) is 47.2 Å². The van der Waals surface area contributed by atoms with Crippen LogP contribution in [0.4, 0.5) is 0 Å². The fourth-order valence-electron chi connectivity index (χ4n) is 2.79. The fourth-order valence-corrected chi connectivity index (χ4v) is 2.79. The largest absolute Gasteiger partial charge is 0.391 e. The normalized spacial score (nSPS) is 16.6. The predicted octanol–water partition coefficient (Wildman–Crippen LogP) is 2.15. The van der Waals surface area contributed by atoms with Gasteiger partial charge < -0.3 is 10.4 Å². The first-order valence-electron chi connectivity index (χ1n) is 7.09. The highest BCUT2D eigenvalue weighted by molar-refractivity contribution is 5.95. The lowest BCUT2D eigenvalue weighted by Gasteiger charge is -2.18. The number of carbonyl (C=O) groups is 1. The van der Waals surface area contributed by atoms with Crippen molar-refractivity contribution in [2.45, 2.75) is 38.7 Å². The molecule has 0 spiro atoms. The van der Waals surface area contributed by atoms with Crippen LogP contribution in [-0.4, -0.2) is 23.7 Å². The molecule has 4 heteroatoms. The van der Waals surface area contributed by atoms with Gasteiger partial charge in [0.05, 0.1) is 17.7 Å². The maximum absolute atomic E-state index is 12.1. The second-order valence-electron chi connectivity index (χ2n) is 5.46. The zero-order valence-electron chi connectivity index (χ0n) is 11.7. The van der Waals surface area contributed by atoms with Gasteiger partial charge in [-0.25, -0.2) is 0 Å². The lowest BCUT2D eigenvalue weighted by atomic mass is 10.0. The van der Waals surface area contributed by atoms with Crippen molar-refractivity contribution < 1.29 is 9.90 Å². The lowest BCUT2D eigenvalue weighted by molar-refractivity contribution is 0.0840. The number of carbonyl (C=O) groups excluding carboxylic acids is 1. The molecule has 0 heterocycles. The monoisotopic (exact) mass is 272 g/mol. The highest BCUT2D eigenvalue weighted by atomic mass is 16.3. The van der Waals surface area contributed by atoms with Crippen LogP contribution in [0, 0.1) is 24.2 Å². The van der Waals surface area contributed by atoms with Gasteiger partial charge in [-0.3, -0.25) is 4.79 Å². The predicted molar refractivity (Wildman–Crippen MR) is 76.2 cm³/mol.